The van der Waals surface area contributed by atoms with Crippen LogP contribution in [0.25, 0.3) is 16.9 Å². The normalized spacial score (nSPS) is 10.8. The van der Waals surface area contributed by atoms with Gasteiger partial charge in [0, 0.05) is 23.9 Å². The molecule has 0 saturated carbocycles. The Balaban J connectivity index is 2.25. The Morgan fingerprint density at radius 1 is 1.30 bits per heavy atom. The monoisotopic (exact) mass is 268 g/mol. The van der Waals surface area contributed by atoms with E-state index in [1.807, 2.05) is 25.3 Å². The van der Waals surface area contributed by atoms with Crippen LogP contribution in [0.3, 0.4) is 0 Å². The number of hydrogen-bond donors (Lipinski definition) is 1. The highest BCUT2D eigenvalue weighted by atomic mass is 16.6. The van der Waals surface area contributed by atoms with Gasteiger partial charge in [0.25, 0.3) is 5.69 Å². The third-order valence-corrected chi connectivity index (χ3v) is 3.21. The largest absolute Gasteiger partial charge is 0.383 e. The van der Waals surface area contributed by atoms with Crippen LogP contribution in [0.1, 0.15) is 5.56 Å². The Bertz CT molecular complexity index is 823. The number of benzene rings is 1. The molecule has 0 aliphatic rings. The number of nitrogens with zero attached hydrogens (tertiary/aromatic N) is 3. The van der Waals surface area contributed by atoms with Gasteiger partial charge in [-0.3, -0.25) is 14.5 Å². The van der Waals surface area contributed by atoms with Gasteiger partial charge in [-0.2, -0.15) is 0 Å². The van der Waals surface area contributed by atoms with Crippen LogP contribution in [0.5, 0.6) is 0 Å². The third kappa shape index (κ3) is 1.78. The fraction of sp³-hybridized carbons (Fsp3) is 0.0714. The molecule has 2 heterocycles. The maximum atomic E-state index is 10.8. The van der Waals surface area contributed by atoms with Crippen molar-refractivity contribution in [1.82, 2.24) is 9.38 Å². The molecule has 1 aromatic carbocycles. The first-order valence-corrected chi connectivity index (χ1v) is 6.06. The minimum atomic E-state index is -0.430. The van der Waals surface area contributed by atoms with Crippen molar-refractivity contribution in [3.05, 3.63) is 58.3 Å². The van der Waals surface area contributed by atoms with Crippen molar-refractivity contribution >= 4 is 17.2 Å². The van der Waals surface area contributed by atoms with Crippen LogP contribution >= 0.6 is 0 Å². The molecular formula is C14H12N4O2. The van der Waals surface area contributed by atoms with E-state index in [0.717, 1.165) is 11.2 Å². The quantitative estimate of drug-likeness (QED) is 0.572. The van der Waals surface area contributed by atoms with Crippen molar-refractivity contribution in [2.75, 3.05) is 5.73 Å². The Morgan fingerprint density at radius 2 is 2.10 bits per heavy atom. The van der Waals surface area contributed by atoms with Gasteiger partial charge in [-0.25, -0.2) is 4.98 Å². The third-order valence-electron chi connectivity index (χ3n) is 3.21. The summed E-state index contributed by atoms with van der Waals surface area (Å²) in [6.45, 7) is 1.94. The standard InChI is InChI=1S/C14H12N4O2/c1-9-4-3-7-17-13(15)12(16-14(9)17)10-5-2-6-11(8-10)18(19)20/h2-8H,15H2,1H3. The summed E-state index contributed by atoms with van der Waals surface area (Å²) < 4.78 is 1.78. The first kappa shape index (κ1) is 12.2. The van der Waals surface area contributed by atoms with E-state index >= 15 is 0 Å². The van der Waals surface area contributed by atoms with Crippen LogP contribution in [0.15, 0.2) is 42.6 Å². The van der Waals surface area contributed by atoms with E-state index in [1.165, 1.54) is 12.1 Å². The molecule has 0 spiro atoms. The molecule has 0 saturated heterocycles. The van der Waals surface area contributed by atoms with Gasteiger partial charge in [0.15, 0.2) is 0 Å². The number of imidazole rings is 1. The van der Waals surface area contributed by atoms with Crippen molar-refractivity contribution in [2.45, 2.75) is 6.92 Å². The Labute approximate surface area is 114 Å². The number of nitrogen functional groups attached to an aromatic ring is 1. The van der Waals surface area contributed by atoms with Crippen LogP contribution in [0.2, 0.25) is 0 Å². The summed E-state index contributed by atoms with van der Waals surface area (Å²) in [6.07, 6.45) is 1.82. The molecule has 3 rings (SSSR count). The molecule has 0 bridgehead atoms. The number of non-ortho nitro benzene ring substituents is 1. The van der Waals surface area contributed by atoms with Crippen molar-refractivity contribution in [2.24, 2.45) is 0 Å². The van der Waals surface area contributed by atoms with Crippen LogP contribution in [0.4, 0.5) is 11.5 Å². The predicted molar refractivity (Wildman–Crippen MR) is 76.4 cm³/mol. The highest BCUT2D eigenvalue weighted by Crippen LogP contribution is 2.29. The minimum absolute atomic E-state index is 0.0238. The molecule has 0 radical (unpaired) electrons. The van der Waals surface area contributed by atoms with Crippen LogP contribution in [-0.4, -0.2) is 14.3 Å². The van der Waals surface area contributed by atoms with Crippen molar-refractivity contribution in [3.8, 4) is 11.3 Å². The number of nitrogens with two attached hydrogens (primary N) is 1. The lowest BCUT2D eigenvalue weighted by Crippen LogP contribution is -1.94. The molecule has 100 valence electrons. The molecule has 3 aromatic rings. The van der Waals surface area contributed by atoms with Crippen LogP contribution in [0, 0.1) is 17.0 Å². The lowest BCUT2D eigenvalue weighted by atomic mass is 10.1. The lowest BCUT2D eigenvalue weighted by molar-refractivity contribution is -0.384. The number of hydrogen-bond acceptors (Lipinski definition) is 4. The van der Waals surface area contributed by atoms with E-state index < -0.39 is 4.92 Å². The number of nitro groups is 1. The second-order valence-corrected chi connectivity index (χ2v) is 4.54. The maximum Gasteiger partial charge on any atom is 0.270 e. The summed E-state index contributed by atoms with van der Waals surface area (Å²) in [5, 5.41) is 10.8. The summed E-state index contributed by atoms with van der Waals surface area (Å²) in [4.78, 5) is 14.9. The van der Waals surface area contributed by atoms with E-state index in [2.05, 4.69) is 4.98 Å². The molecule has 2 N–H and O–H groups in total. The van der Waals surface area contributed by atoms with Gasteiger partial charge in [0.05, 0.1) is 4.92 Å². The second kappa shape index (κ2) is 4.34. The number of fused-ring (bicyclic) bond motifs is 1. The van der Waals surface area contributed by atoms with Gasteiger partial charge in [0.1, 0.15) is 17.2 Å². The highest BCUT2D eigenvalue weighted by molar-refractivity contribution is 5.76. The maximum absolute atomic E-state index is 10.8. The zero-order chi connectivity index (χ0) is 14.3. The van der Waals surface area contributed by atoms with Gasteiger partial charge >= 0.3 is 0 Å². The molecule has 0 fully saturated rings. The SMILES string of the molecule is Cc1cccn2c(N)c(-c3cccc([N+](=O)[O-])c3)nc12. The summed E-state index contributed by atoms with van der Waals surface area (Å²) in [5.41, 5.74) is 9.07. The number of nitro benzene ring substituents is 1. The Hall–Kier alpha value is -2.89. The number of aromatic nitrogens is 2. The lowest BCUT2D eigenvalue weighted by Gasteiger charge is -1.99. The van der Waals surface area contributed by atoms with Crippen molar-refractivity contribution in [3.63, 3.8) is 0 Å². The van der Waals surface area contributed by atoms with E-state index in [9.17, 15) is 10.1 Å². The zero-order valence-corrected chi connectivity index (χ0v) is 10.8. The summed E-state index contributed by atoms with van der Waals surface area (Å²) in [5.74, 6) is 0.476. The molecule has 0 atom stereocenters. The Morgan fingerprint density at radius 3 is 2.80 bits per heavy atom. The average molecular weight is 268 g/mol. The molecule has 2 aromatic heterocycles. The molecule has 0 unspecified atom stereocenters. The molecule has 20 heavy (non-hydrogen) atoms. The number of rotatable bonds is 2. The highest BCUT2D eigenvalue weighted by Gasteiger charge is 2.15. The van der Waals surface area contributed by atoms with Gasteiger partial charge in [-0.05, 0) is 18.6 Å². The van der Waals surface area contributed by atoms with E-state index in [1.54, 1.807) is 16.5 Å². The number of anilines is 1. The molecular weight excluding hydrogens is 256 g/mol. The minimum Gasteiger partial charge on any atom is -0.383 e. The average Bonchev–Trinajstić information content (AvgIpc) is 2.78. The smallest absolute Gasteiger partial charge is 0.270 e. The molecule has 6 nitrogen and oxygen atoms in total. The summed E-state index contributed by atoms with van der Waals surface area (Å²) >= 11 is 0. The fourth-order valence-electron chi connectivity index (χ4n) is 2.20. The van der Waals surface area contributed by atoms with Crippen LogP contribution < -0.4 is 5.73 Å². The van der Waals surface area contributed by atoms with Gasteiger partial charge < -0.3 is 5.73 Å². The van der Waals surface area contributed by atoms with Crippen LogP contribution in [-0.2, 0) is 0 Å². The summed E-state index contributed by atoms with van der Waals surface area (Å²) in [6, 6.07) is 10.1. The predicted octanol–water partition coefficient (Wildman–Crippen LogP) is 2.80. The van der Waals surface area contributed by atoms with E-state index in [4.69, 9.17) is 5.73 Å². The van der Waals surface area contributed by atoms with Crippen molar-refractivity contribution in [1.29, 1.82) is 0 Å². The molecule has 0 aliphatic heterocycles. The van der Waals surface area contributed by atoms with E-state index in [0.29, 0.717) is 17.1 Å². The molecule has 0 aliphatic carbocycles. The molecule has 6 heteroatoms. The van der Waals surface area contributed by atoms with Gasteiger partial charge in [-0.15, -0.1) is 0 Å². The Kier molecular flexibility index (Phi) is 2.64. The number of pyridine rings is 1. The van der Waals surface area contributed by atoms with Gasteiger partial charge in [-0.1, -0.05) is 18.2 Å². The van der Waals surface area contributed by atoms with Gasteiger partial charge in [0.2, 0.25) is 0 Å². The topological polar surface area (TPSA) is 86.5 Å². The summed E-state index contributed by atoms with van der Waals surface area (Å²) in [7, 11) is 0. The molecule has 0 amide bonds. The second-order valence-electron chi connectivity index (χ2n) is 4.54. The van der Waals surface area contributed by atoms with Crippen molar-refractivity contribution < 1.29 is 4.92 Å². The first-order chi connectivity index (χ1) is 9.58. The number of aryl methyl sites for hydroxylation is 1. The first-order valence-electron chi connectivity index (χ1n) is 6.06. The van der Waals surface area contributed by atoms with E-state index in [-0.39, 0.29) is 5.69 Å². The zero-order valence-electron chi connectivity index (χ0n) is 10.8. The fourth-order valence-corrected chi connectivity index (χ4v) is 2.20.